The highest BCUT2D eigenvalue weighted by molar-refractivity contribution is 7.99. The van der Waals surface area contributed by atoms with E-state index in [1.54, 1.807) is 36.5 Å². The molecule has 1 aromatic carbocycles. The van der Waals surface area contributed by atoms with Gasteiger partial charge in [-0.25, -0.2) is 9.37 Å². The van der Waals surface area contributed by atoms with Crippen molar-refractivity contribution in [3.05, 3.63) is 54.0 Å². The summed E-state index contributed by atoms with van der Waals surface area (Å²) in [6, 6.07) is 9.68. The molecule has 18 heavy (non-hydrogen) atoms. The fourth-order valence-electron chi connectivity index (χ4n) is 1.35. The van der Waals surface area contributed by atoms with Gasteiger partial charge in [-0.2, -0.15) is 0 Å². The fraction of sp³-hybridized carbons (Fsp3) is 0. The number of nitrogens with two attached hydrogens (primary N) is 1. The second-order valence-electron chi connectivity index (χ2n) is 3.37. The van der Waals surface area contributed by atoms with E-state index in [0.717, 1.165) is 11.8 Å². The van der Waals surface area contributed by atoms with Crippen molar-refractivity contribution in [3.8, 4) is 0 Å². The largest absolute Gasteiger partial charge is 0.409 e. The first kappa shape index (κ1) is 12.4. The minimum absolute atomic E-state index is 0.0538. The lowest BCUT2D eigenvalue weighted by atomic mass is 10.3. The molecule has 0 aliphatic rings. The fourth-order valence-corrected chi connectivity index (χ4v) is 2.27. The van der Waals surface area contributed by atoms with Crippen molar-refractivity contribution in [2.45, 2.75) is 9.92 Å². The molecular formula is C12H10FN3OS. The van der Waals surface area contributed by atoms with Crippen LogP contribution in [0.5, 0.6) is 0 Å². The van der Waals surface area contributed by atoms with Crippen LogP contribution in [0.4, 0.5) is 4.39 Å². The molecule has 92 valence electrons. The number of aromatic nitrogens is 1. The highest BCUT2D eigenvalue weighted by Gasteiger charge is 2.11. The summed E-state index contributed by atoms with van der Waals surface area (Å²) < 4.78 is 13.5. The minimum atomic E-state index is -0.335. The Hall–Kier alpha value is -2.08. The summed E-state index contributed by atoms with van der Waals surface area (Å²) in [6.45, 7) is 0. The molecule has 0 unspecified atom stereocenters. The summed E-state index contributed by atoms with van der Waals surface area (Å²) >= 11 is 1.13. The number of amidine groups is 1. The topological polar surface area (TPSA) is 71.5 Å². The van der Waals surface area contributed by atoms with E-state index in [1.165, 1.54) is 6.07 Å². The lowest BCUT2D eigenvalue weighted by Crippen LogP contribution is -2.14. The van der Waals surface area contributed by atoms with Crippen LogP contribution < -0.4 is 5.73 Å². The Bertz CT molecular complexity index is 589. The van der Waals surface area contributed by atoms with Crippen molar-refractivity contribution >= 4 is 17.6 Å². The van der Waals surface area contributed by atoms with Gasteiger partial charge in [-0.3, -0.25) is 0 Å². The average Bonchev–Trinajstić information content (AvgIpc) is 2.41. The number of nitrogens with zero attached hydrogens (tertiary/aromatic N) is 2. The van der Waals surface area contributed by atoms with Gasteiger partial charge in [0.25, 0.3) is 0 Å². The van der Waals surface area contributed by atoms with Gasteiger partial charge in [0.2, 0.25) is 0 Å². The van der Waals surface area contributed by atoms with E-state index in [1.807, 2.05) is 0 Å². The molecule has 3 N–H and O–H groups in total. The predicted molar refractivity (Wildman–Crippen MR) is 67.3 cm³/mol. The van der Waals surface area contributed by atoms with Crippen LogP contribution in [-0.2, 0) is 0 Å². The lowest BCUT2D eigenvalue weighted by Gasteiger charge is -2.06. The van der Waals surface area contributed by atoms with Crippen LogP contribution >= 0.6 is 11.8 Å². The lowest BCUT2D eigenvalue weighted by molar-refractivity contribution is 0.318. The highest BCUT2D eigenvalue weighted by atomic mass is 32.2. The van der Waals surface area contributed by atoms with E-state index in [2.05, 4.69) is 10.1 Å². The van der Waals surface area contributed by atoms with E-state index < -0.39 is 0 Å². The van der Waals surface area contributed by atoms with Gasteiger partial charge in [0.05, 0.1) is 5.56 Å². The average molecular weight is 263 g/mol. The number of pyridine rings is 1. The summed E-state index contributed by atoms with van der Waals surface area (Å²) in [6.07, 6.45) is 1.57. The number of rotatable bonds is 3. The zero-order valence-corrected chi connectivity index (χ0v) is 10.1. The summed E-state index contributed by atoms with van der Waals surface area (Å²) in [5.74, 6) is -0.388. The number of benzene rings is 1. The first-order valence-corrected chi connectivity index (χ1v) is 5.89. The predicted octanol–water partition coefficient (Wildman–Crippen LogP) is 2.47. The van der Waals surface area contributed by atoms with Crippen molar-refractivity contribution in [1.29, 1.82) is 0 Å². The van der Waals surface area contributed by atoms with Gasteiger partial charge in [-0.05, 0) is 24.3 Å². The second-order valence-corrected chi connectivity index (χ2v) is 4.40. The quantitative estimate of drug-likeness (QED) is 0.386. The Balaban J connectivity index is 2.38. The Labute approximate surface area is 107 Å². The summed E-state index contributed by atoms with van der Waals surface area (Å²) in [5.41, 5.74) is 6.01. The molecule has 0 spiro atoms. The van der Waals surface area contributed by atoms with Crippen LogP contribution in [0.3, 0.4) is 0 Å². The van der Waals surface area contributed by atoms with Gasteiger partial charge >= 0.3 is 0 Å². The van der Waals surface area contributed by atoms with Crippen molar-refractivity contribution in [3.63, 3.8) is 0 Å². The molecule has 1 heterocycles. The maximum Gasteiger partial charge on any atom is 0.172 e. The van der Waals surface area contributed by atoms with E-state index in [9.17, 15) is 4.39 Å². The molecule has 1 aromatic heterocycles. The van der Waals surface area contributed by atoms with Crippen molar-refractivity contribution in [1.82, 2.24) is 4.98 Å². The number of hydrogen-bond donors (Lipinski definition) is 2. The molecule has 4 nitrogen and oxygen atoms in total. The summed E-state index contributed by atoms with van der Waals surface area (Å²) in [4.78, 5) is 4.54. The standard InChI is InChI=1S/C12H10FN3OS/c13-9-5-1-2-6-10(9)18-12-8(11(14)16-17)4-3-7-15-12/h1-7,17H,(H2,14,16). The zero-order valence-electron chi connectivity index (χ0n) is 9.25. The number of halogens is 1. The molecule has 0 fully saturated rings. The molecule has 0 aliphatic heterocycles. The van der Waals surface area contributed by atoms with Crippen LogP contribution in [0.15, 0.2) is 57.7 Å². The molecule has 0 saturated carbocycles. The second kappa shape index (κ2) is 5.50. The van der Waals surface area contributed by atoms with Crippen LogP contribution in [0, 0.1) is 5.82 Å². The minimum Gasteiger partial charge on any atom is -0.409 e. The Morgan fingerprint density at radius 1 is 1.28 bits per heavy atom. The third-order valence-corrected chi connectivity index (χ3v) is 3.27. The van der Waals surface area contributed by atoms with Crippen LogP contribution in [0.2, 0.25) is 0 Å². The van der Waals surface area contributed by atoms with Gasteiger partial charge in [0, 0.05) is 11.1 Å². The Morgan fingerprint density at radius 3 is 2.78 bits per heavy atom. The molecule has 0 bridgehead atoms. The smallest absolute Gasteiger partial charge is 0.172 e. The SMILES string of the molecule is N/C(=N\O)c1cccnc1Sc1ccccc1F. The van der Waals surface area contributed by atoms with Gasteiger partial charge in [0.1, 0.15) is 10.8 Å². The number of hydrogen-bond acceptors (Lipinski definition) is 4. The van der Waals surface area contributed by atoms with Gasteiger partial charge in [-0.1, -0.05) is 29.1 Å². The first-order chi connectivity index (χ1) is 8.72. The maximum absolute atomic E-state index is 13.5. The van der Waals surface area contributed by atoms with Crippen LogP contribution in [-0.4, -0.2) is 16.0 Å². The van der Waals surface area contributed by atoms with Crippen molar-refractivity contribution in [2.75, 3.05) is 0 Å². The molecule has 0 radical (unpaired) electrons. The molecule has 0 saturated heterocycles. The third kappa shape index (κ3) is 2.60. The molecule has 0 aliphatic carbocycles. The Morgan fingerprint density at radius 2 is 2.06 bits per heavy atom. The van der Waals surface area contributed by atoms with Gasteiger partial charge in [0.15, 0.2) is 5.84 Å². The van der Waals surface area contributed by atoms with Crippen molar-refractivity contribution in [2.24, 2.45) is 10.9 Å². The van der Waals surface area contributed by atoms with E-state index in [4.69, 9.17) is 10.9 Å². The maximum atomic E-state index is 13.5. The first-order valence-electron chi connectivity index (χ1n) is 5.07. The molecule has 0 amide bonds. The molecule has 0 atom stereocenters. The highest BCUT2D eigenvalue weighted by Crippen LogP contribution is 2.30. The van der Waals surface area contributed by atoms with E-state index in [-0.39, 0.29) is 11.7 Å². The van der Waals surface area contributed by atoms with E-state index in [0.29, 0.717) is 15.5 Å². The zero-order chi connectivity index (χ0) is 13.0. The van der Waals surface area contributed by atoms with Gasteiger partial charge < -0.3 is 10.9 Å². The van der Waals surface area contributed by atoms with Gasteiger partial charge in [-0.15, -0.1) is 0 Å². The van der Waals surface area contributed by atoms with Crippen molar-refractivity contribution < 1.29 is 9.60 Å². The third-order valence-electron chi connectivity index (χ3n) is 2.20. The normalized spacial score (nSPS) is 11.5. The van der Waals surface area contributed by atoms with Crippen LogP contribution in [0.25, 0.3) is 0 Å². The van der Waals surface area contributed by atoms with Crippen LogP contribution in [0.1, 0.15) is 5.56 Å². The molecule has 2 rings (SSSR count). The van der Waals surface area contributed by atoms with E-state index >= 15 is 0 Å². The monoisotopic (exact) mass is 263 g/mol. The summed E-state index contributed by atoms with van der Waals surface area (Å²) in [5, 5.41) is 12.1. The number of oxime groups is 1. The molecule has 6 heteroatoms. The summed E-state index contributed by atoms with van der Waals surface area (Å²) in [7, 11) is 0. The molecule has 2 aromatic rings. The molecular weight excluding hydrogens is 253 g/mol. The Kier molecular flexibility index (Phi) is 3.78.